The van der Waals surface area contributed by atoms with Gasteiger partial charge in [-0.15, -0.1) is 0 Å². The van der Waals surface area contributed by atoms with E-state index in [1.807, 2.05) is 6.07 Å². The van der Waals surface area contributed by atoms with Gasteiger partial charge in [-0.05, 0) is 24.3 Å². The number of carbonyl (C=O) groups excluding carboxylic acids is 2. The molecule has 12 heteroatoms. The number of hydrogen-bond donors (Lipinski definition) is 2. The second-order valence-electron chi connectivity index (χ2n) is 9.05. The van der Waals surface area contributed by atoms with Crippen molar-refractivity contribution in [2.45, 2.75) is 12.2 Å². The van der Waals surface area contributed by atoms with E-state index in [9.17, 15) is 18.4 Å². The highest BCUT2D eigenvalue weighted by Crippen LogP contribution is 2.33. The predicted octanol–water partition coefficient (Wildman–Crippen LogP) is 4.72. The predicted molar refractivity (Wildman–Crippen MR) is 142 cm³/mol. The van der Waals surface area contributed by atoms with E-state index >= 15 is 0 Å². The van der Waals surface area contributed by atoms with Crippen LogP contribution in [0.2, 0.25) is 5.02 Å². The van der Waals surface area contributed by atoms with Crippen LogP contribution in [-0.4, -0.2) is 46.7 Å². The van der Waals surface area contributed by atoms with E-state index in [1.165, 1.54) is 35.1 Å². The average Bonchev–Trinajstić information content (AvgIpc) is 3.25. The first-order valence-corrected chi connectivity index (χ1v) is 12.6. The van der Waals surface area contributed by atoms with Crippen LogP contribution in [0.5, 0.6) is 11.6 Å². The normalized spacial score (nSPS) is 16.7. The zero-order chi connectivity index (χ0) is 27.8. The zero-order valence-corrected chi connectivity index (χ0v) is 21.4. The Kier molecular flexibility index (Phi) is 6.74. The number of halogens is 3. The number of anilines is 1. The fourth-order valence-corrected chi connectivity index (χ4v) is 4.48. The Morgan fingerprint density at radius 1 is 1.07 bits per heavy atom. The molecule has 202 valence electrons. The molecule has 0 unspecified atom stereocenters. The number of para-hydroxylation sites is 1. The molecule has 1 saturated heterocycles. The molecular formula is C28H20ClF2N5O4. The van der Waals surface area contributed by atoms with Crippen LogP contribution in [0.1, 0.15) is 27.5 Å². The lowest BCUT2D eigenvalue weighted by molar-refractivity contribution is -0.117. The lowest BCUT2D eigenvalue weighted by atomic mass is 10.0. The van der Waals surface area contributed by atoms with E-state index in [0.717, 1.165) is 6.07 Å². The first-order valence-electron chi connectivity index (χ1n) is 12.2. The second kappa shape index (κ2) is 10.5. The molecule has 4 aromatic rings. The van der Waals surface area contributed by atoms with Crippen molar-refractivity contribution < 1.29 is 27.8 Å². The molecule has 1 aromatic heterocycles. The summed E-state index contributed by atoms with van der Waals surface area (Å²) in [4.78, 5) is 31.2. The second-order valence-corrected chi connectivity index (χ2v) is 9.48. The zero-order valence-electron chi connectivity index (χ0n) is 20.6. The number of benzene rings is 3. The SMILES string of the molecule is O=C(N[C@H]1N=C(c2ccccc2)c2cccc(F)c2NC1=O)c1cnn(C2COC2)c1Oc1ccc(Cl)cc1F. The third-order valence-corrected chi connectivity index (χ3v) is 6.63. The van der Waals surface area contributed by atoms with Gasteiger partial charge < -0.3 is 20.1 Å². The highest BCUT2D eigenvalue weighted by molar-refractivity contribution is 6.30. The van der Waals surface area contributed by atoms with Crippen LogP contribution in [0.25, 0.3) is 0 Å². The number of rotatable bonds is 6. The molecule has 3 aromatic carbocycles. The minimum absolute atomic E-state index is 0.0492. The first-order chi connectivity index (χ1) is 19.4. The molecule has 2 N–H and O–H groups in total. The highest BCUT2D eigenvalue weighted by atomic mass is 35.5. The van der Waals surface area contributed by atoms with Crippen LogP contribution in [-0.2, 0) is 9.53 Å². The fraction of sp³-hybridized carbons (Fsp3) is 0.143. The van der Waals surface area contributed by atoms with Crippen LogP contribution in [0.3, 0.4) is 0 Å². The molecule has 1 atom stereocenters. The van der Waals surface area contributed by atoms with Crippen molar-refractivity contribution in [1.82, 2.24) is 15.1 Å². The number of aromatic nitrogens is 2. The van der Waals surface area contributed by atoms with E-state index in [1.54, 1.807) is 30.3 Å². The van der Waals surface area contributed by atoms with Gasteiger partial charge in [0.25, 0.3) is 11.8 Å². The first kappa shape index (κ1) is 25.7. The summed E-state index contributed by atoms with van der Waals surface area (Å²) in [6.07, 6.45) is -0.188. The Balaban J connectivity index is 1.36. The summed E-state index contributed by atoms with van der Waals surface area (Å²) in [6.45, 7) is 0.642. The Morgan fingerprint density at radius 3 is 2.60 bits per heavy atom. The third-order valence-electron chi connectivity index (χ3n) is 6.40. The summed E-state index contributed by atoms with van der Waals surface area (Å²) in [7, 11) is 0. The van der Waals surface area contributed by atoms with Crippen molar-refractivity contribution >= 4 is 34.8 Å². The Labute approximate surface area is 231 Å². The summed E-state index contributed by atoms with van der Waals surface area (Å²) in [5, 5.41) is 9.54. The summed E-state index contributed by atoms with van der Waals surface area (Å²) in [5.74, 6) is -3.14. The number of amides is 2. The minimum atomic E-state index is -1.44. The lowest BCUT2D eigenvalue weighted by Gasteiger charge is -2.27. The molecular weight excluding hydrogens is 544 g/mol. The van der Waals surface area contributed by atoms with Gasteiger partial charge in [-0.3, -0.25) is 9.59 Å². The lowest BCUT2D eigenvalue weighted by Crippen LogP contribution is -2.42. The van der Waals surface area contributed by atoms with Crippen LogP contribution in [0, 0.1) is 11.6 Å². The number of benzodiazepines with no additional fused rings is 1. The smallest absolute Gasteiger partial charge is 0.269 e. The molecule has 1 fully saturated rings. The summed E-state index contributed by atoms with van der Waals surface area (Å²) in [6, 6.07) is 16.9. The van der Waals surface area contributed by atoms with Crippen molar-refractivity contribution in [2.75, 3.05) is 18.5 Å². The average molecular weight is 564 g/mol. The third kappa shape index (κ3) is 4.80. The van der Waals surface area contributed by atoms with E-state index in [0.29, 0.717) is 30.1 Å². The molecule has 0 bridgehead atoms. The highest BCUT2D eigenvalue weighted by Gasteiger charge is 2.33. The van der Waals surface area contributed by atoms with E-state index in [-0.39, 0.29) is 33.9 Å². The largest absolute Gasteiger partial charge is 0.435 e. The Hall–Kier alpha value is -4.61. The molecule has 0 saturated carbocycles. The van der Waals surface area contributed by atoms with Crippen molar-refractivity contribution in [2.24, 2.45) is 4.99 Å². The number of aliphatic imine (C=N–C) groups is 1. The molecule has 3 heterocycles. The number of nitrogens with zero attached hydrogens (tertiary/aromatic N) is 3. The van der Waals surface area contributed by atoms with Crippen molar-refractivity contribution in [1.29, 1.82) is 0 Å². The maximum Gasteiger partial charge on any atom is 0.269 e. The van der Waals surface area contributed by atoms with Crippen molar-refractivity contribution in [3.63, 3.8) is 0 Å². The van der Waals surface area contributed by atoms with E-state index in [2.05, 4.69) is 20.7 Å². The van der Waals surface area contributed by atoms with Gasteiger partial charge >= 0.3 is 0 Å². The molecule has 0 aliphatic carbocycles. The molecule has 0 radical (unpaired) electrons. The molecule has 6 rings (SSSR count). The van der Waals surface area contributed by atoms with Crippen LogP contribution in [0.15, 0.2) is 77.9 Å². The molecule has 2 aliphatic heterocycles. The maximum absolute atomic E-state index is 14.8. The van der Waals surface area contributed by atoms with Crippen LogP contribution in [0.4, 0.5) is 14.5 Å². The van der Waals surface area contributed by atoms with Gasteiger partial charge in [-0.2, -0.15) is 5.10 Å². The summed E-state index contributed by atoms with van der Waals surface area (Å²) >= 11 is 5.86. The minimum Gasteiger partial charge on any atom is -0.435 e. The maximum atomic E-state index is 14.8. The van der Waals surface area contributed by atoms with Gasteiger partial charge in [-0.1, -0.05) is 54.1 Å². The Morgan fingerprint density at radius 2 is 1.88 bits per heavy atom. The van der Waals surface area contributed by atoms with Gasteiger partial charge in [0.15, 0.2) is 11.6 Å². The van der Waals surface area contributed by atoms with E-state index < -0.39 is 29.6 Å². The van der Waals surface area contributed by atoms with Gasteiger partial charge in [0.1, 0.15) is 17.4 Å². The number of ether oxygens (including phenoxy) is 2. The molecule has 2 amide bonds. The van der Waals surface area contributed by atoms with Crippen molar-refractivity contribution in [3.8, 4) is 11.6 Å². The summed E-state index contributed by atoms with van der Waals surface area (Å²) < 4.78 is 41.8. The van der Waals surface area contributed by atoms with Crippen LogP contribution >= 0.6 is 11.6 Å². The molecule has 0 spiro atoms. The monoisotopic (exact) mass is 563 g/mol. The molecule has 9 nitrogen and oxygen atoms in total. The van der Waals surface area contributed by atoms with E-state index in [4.69, 9.17) is 21.1 Å². The quantitative estimate of drug-likeness (QED) is 0.353. The van der Waals surface area contributed by atoms with Crippen LogP contribution < -0.4 is 15.4 Å². The molecule has 2 aliphatic rings. The van der Waals surface area contributed by atoms with Gasteiger partial charge in [0.2, 0.25) is 12.0 Å². The number of carbonyl (C=O) groups is 2. The van der Waals surface area contributed by atoms with Gasteiger partial charge in [-0.25, -0.2) is 18.5 Å². The van der Waals surface area contributed by atoms with Crippen molar-refractivity contribution in [3.05, 3.63) is 106 Å². The fourth-order valence-electron chi connectivity index (χ4n) is 4.32. The van der Waals surface area contributed by atoms with Gasteiger partial charge in [0.05, 0.1) is 30.8 Å². The van der Waals surface area contributed by atoms with Gasteiger partial charge in [0, 0.05) is 16.1 Å². The number of hydrogen-bond acceptors (Lipinski definition) is 6. The Bertz CT molecular complexity index is 1660. The molecule has 40 heavy (non-hydrogen) atoms. The summed E-state index contributed by atoms with van der Waals surface area (Å²) in [5.41, 5.74) is 1.16. The standard InChI is InChI=1S/C28H20ClF2N5O4/c29-16-9-10-22(21(31)11-16)40-28-19(12-32-36(28)17-13-39-14-17)26(37)35-25-27(38)34-24-18(7-4-8-20(24)30)23(33-25)15-5-2-1-3-6-15/h1-12,17,25H,13-14H2,(H,34,38)(H,35,37)/t25-/m1/s1. The number of fused-ring (bicyclic) bond motifs is 1. The topological polar surface area (TPSA) is 107 Å². The number of nitrogens with one attached hydrogen (secondary N) is 2.